The smallest absolute Gasteiger partial charge is 0.237 e. The fourth-order valence-electron chi connectivity index (χ4n) is 3.38. The first-order valence-corrected chi connectivity index (χ1v) is 8.65. The quantitative estimate of drug-likeness (QED) is 0.707. The molecule has 0 saturated carbocycles. The number of carbonyl (C=O) groups excluding carboxylic acids is 2. The van der Waals surface area contributed by atoms with Crippen molar-refractivity contribution in [3.8, 4) is 0 Å². The second-order valence-electron chi connectivity index (χ2n) is 6.67. The molecule has 2 saturated heterocycles. The Morgan fingerprint density at radius 1 is 1.28 bits per heavy atom. The summed E-state index contributed by atoms with van der Waals surface area (Å²) >= 11 is 0. The molecule has 1 aromatic carbocycles. The summed E-state index contributed by atoms with van der Waals surface area (Å²) in [5.74, 6) is 0.0696. The van der Waals surface area contributed by atoms with Crippen LogP contribution in [0.2, 0.25) is 0 Å². The molecular formula is C18H26ClN3O3. The van der Waals surface area contributed by atoms with E-state index in [9.17, 15) is 14.7 Å². The van der Waals surface area contributed by atoms with E-state index in [4.69, 9.17) is 0 Å². The van der Waals surface area contributed by atoms with Crippen LogP contribution in [-0.2, 0) is 16.0 Å². The largest absolute Gasteiger partial charge is 0.392 e. The fraction of sp³-hybridized carbons (Fsp3) is 0.556. The molecular weight excluding hydrogens is 342 g/mol. The Bertz CT molecular complexity index is 584. The van der Waals surface area contributed by atoms with Crippen molar-refractivity contribution >= 4 is 24.2 Å². The summed E-state index contributed by atoms with van der Waals surface area (Å²) in [5.41, 5.74) is 1.17. The number of hydrogen-bond acceptors (Lipinski definition) is 4. The molecule has 138 valence electrons. The van der Waals surface area contributed by atoms with Gasteiger partial charge in [-0.1, -0.05) is 30.3 Å². The molecule has 3 atom stereocenters. The van der Waals surface area contributed by atoms with Gasteiger partial charge in [0.15, 0.2) is 0 Å². The number of carbonyl (C=O) groups is 2. The van der Waals surface area contributed by atoms with E-state index in [0.29, 0.717) is 32.5 Å². The van der Waals surface area contributed by atoms with Crippen LogP contribution in [0.5, 0.6) is 0 Å². The van der Waals surface area contributed by atoms with Crippen LogP contribution in [0.15, 0.2) is 30.3 Å². The number of likely N-dealkylation sites (tertiary alicyclic amines) is 1. The van der Waals surface area contributed by atoms with Crippen molar-refractivity contribution in [1.29, 1.82) is 0 Å². The second-order valence-corrected chi connectivity index (χ2v) is 6.67. The molecule has 0 radical (unpaired) electrons. The van der Waals surface area contributed by atoms with Gasteiger partial charge in [0.25, 0.3) is 0 Å². The highest BCUT2D eigenvalue weighted by molar-refractivity contribution is 5.85. The topological polar surface area (TPSA) is 81.7 Å². The van der Waals surface area contributed by atoms with Crippen LogP contribution in [0.3, 0.4) is 0 Å². The van der Waals surface area contributed by atoms with Gasteiger partial charge in [-0.25, -0.2) is 0 Å². The highest BCUT2D eigenvalue weighted by Crippen LogP contribution is 2.14. The third-order valence-electron chi connectivity index (χ3n) is 4.78. The fourth-order valence-corrected chi connectivity index (χ4v) is 3.38. The molecule has 25 heavy (non-hydrogen) atoms. The predicted molar refractivity (Wildman–Crippen MR) is 97.6 cm³/mol. The Hall–Kier alpha value is -1.63. The lowest BCUT2D eigenvalue weighted by atomic mass is 10.1. The molecule has 6 nitrogen and oxygen atoms in total. The molecule has 2 aliphatic heterocycles. The molecule has 0 aliphatic carbocycles. The van der Waals surface area contributed by atoms with Gasteiger partial charge in [0, 0.05) is 32.1 Å². The van der Waals surface area contributed by atoms with Crippen LogP contribution in [0, 0.1) is 0 Å². The maximum absolute atomic E-state index is 12.3. The van der Waals surface area contributed by atoms with Crippen LogP contribution in [-0.4, -0.2) is 59.6 Å². The van der Waals surface area contributed by atoms with Crippen molar-refractivity contribution in [1.82, 2.24) is 15.5 Å². The number of aliphatic hydroxyl groups excluding tert-OH is 1. The van der Waals surface area contributed by atoms with Gasteiger partial charge in [0.05, 0.1) is 12.1 Å². The maximum Gasteiger partial charge on any atom is 0.237 e. The van der Waals surface area contributed by atoms with Gasteiger partial charge in [0.2, 0.25) is 11.8 Å². The van der Waals surface area contributed by atoms with E-state index < -0.39 is 6.10 Å². The molecule has 3 N–H and O–H groups in total. The number of aliphatic hydroxyl groups is 1. The highest BCUT2D eigenvalue weighted by atomic mass is 35.5. The second kappa shape index (κ2) is 9.17. The van der Waals surface area contributed by atoms with E-state index in [1.807, 2.05) is 35.2 Å². The number of benzene rings is 1. The van der Waals surface area contributed by atoms with E-state index in [1.54, 1.807) is 0 Å². The lowest BCUT2D eigenvalue weighted by Crippen LogP contribution is -2.46. The van der Waals surface area contributed by atoms with Crippen molar-refractivity contribution in [2.75, 3.05) is 19.6 Å². The van der Waals surface area contributed by atoms with Gasteiger partial charge < -0.3 is 20.6 Å². The Morgan fingerprint density at radius 3 is 2.72 bits per heavy atom. The monoisotopic (exact) mass is 367 g/mol. The molecule has 2 heterocycles. The van der Waals surface area contributed by atoms with Crippen molar-refractivity contribution in [3.63, 3.8) is 0 Å². The Labute approximate surface area is 154 Å². The molecule has 2 aliphatic rings. The molecule has 7 heteroatoms. The van der Waals surface area contributed by atoms with E-state index >= 15 is 0 Å². The standard InChI is InChI=1S/C18H25N3O3.ClH/c22-15-10-16(19-11-15)18(24)20-14-8-9-21(12-14)17(23)7-6-13-4-2-1-3-5-13;/h1-5,14-16,19,22H,6-12H2,(H,20,24);1H. The summed E-state index contributed by atoms with van der Waals surface area (Å²) < 4.78 is 0. The number of aryl methyl sites for hydroxylation is 1. The third-order valence-corrected chi connectivity index (χ3v) is 4.78. The normalized spacial score (nSPS) is 25.5. The number of hydrogen-bond donors (Lipinski definition) is 3. The number of nitrogens with one attached hydrogen (secondary N) is 2. The summed E-state index contributed by atoms with van der Waals surface area (Å²) in [5, 5.41) is 15.5. The average Bonchev–Trinajstić information content (AvgIpc) is 3.23. The predicted octanol–water partition coefficient (Wildman–Crippen LogP) is 0.481. The molecule has 2 fully saturated rings. The zero-order valence-corrected chi connectivity index (χ0v) is 15.0. The lowest BCUT2D eigenvalue weighted by Gasteiger charge is -2.18. The Balaban J connectivity index is 0.00000225. The van der Waals surface area contributed by atoms with E-state index in [1.165, 1.54) is 5.56 Å². The van der Waals surface area contributed by atoms with Crippen LogP contribution in [0.25, 0.3) is 0 Å². The summed E-state index contributed by atoms with van der Waals surface area (Å²) in [7, 11) is 0. The average molecular weight is 368 g/mol. The van der Waals surface area contributed by atoms with Crippen molar-refractivity contribution in [2.24, 2.45) is 0 Å². The Kier molecular flexibility index (Phi) is 7.23. The number of nitrogens with zero attached hydrogens (tertiary/aromatic N) is 1. The summed E-state index contributed by atoms with van der Waals surface area (Å²) in [4.78, 5) is 26.3. The van der Waals surface area contributed by atoms with E-state index in [0.717, 1.165) is 12.8 Å². The van der Waals surface area contributed by atoms with Gasteiger partial charge in [-0.05, 0) is 24.8 Å². The first-order valence-electron chi connectivity index (χ1n) is 8.65. The van der Waals surface area contributed by atoms with Gasteiger partial charge in [-0.2, -0.15) is 0 Å². The van der Waals surface area contributed by atoms with Gasteiger partial charge in [-0.3, -0.25) is 9.59 Å². The molecule has 0 aromatic heterocycles. The number of β-amino-alcohol motifs (C(OH)–C–C–N with tert-alkyl or cyclic N) is 1. The molecule has 2 amide bonds. The first kappa shape index (κ1) is 19.7. The number of amides is 2. The van der Waals surface area contributed by atoms with Gasteiger partial charge in [0.1, 0.15) is 0 Å². The maximum atomic E-state index is 12.3. The molecule has 1 aromatic rings. The summed E-state index contributed by atoms with van der Waals surface area (Å²) in [6.07, 6.45) is 2.05. The lowest BCUT2D eigenvalue weighted by molar-refractivity contribution is -0.130. The zero-order chi connectivity index (χ0) is 16.9. The van der Waals surface area contributed by atoms with Gasteiger partial charge in [-0.15, -0.1) is 12.4 Å². The summed E-state index contributed by atoms with van der Waals surface area (Å²) in [6, 6.07) is 9.69. The van der Waals surface area contributed by atoms with Crippen LogP contribution in [0.4, 0.5) is 0 Å². The van der Waals surface area contributed by atoms with Gasteiger partial charge >= 0.3 is 0 Å². The van der Waals surface area contributed by atoms with Crippen LogP contribution in [0.1, 0.15) is 24.8 Å². The van der Waals surface area contributed by atoms with Crippen molar-refractivity contribution < 1.29 is 14.7 Å². The zero-order valence-electron chi connectivity index (χ0n) is 14.2. The molecule has 3 rings (SSSR count). The number of halogens is 1. The third kappa shape index (κ3) is 5.42. The SMILES string of the molecule is Cl.O=C(NC1CCN(C(=O)CCc2ccccc2)C1)C1CC(O)CN1. The van der Waals surface area contributed by atoms with Crippen molar-refractivity contribution in [2.45, 2.75) is 43.9 Å². The van der Waals surface area contributed by atoms with Crippen molar-refractivity contribution in [3.05, 3.63) is 35.9 Å². The van der Waals surface area contributed by atoms with E-state index in [-0.39, 0.29) is 36.3 Å². The van der Waals surface area contributed by atoms with Crippen LogP contribution < -0.4 is 10.6 Å². The molecule has 0 bridgehead atoms. The highest BCUT2D eigenvalue weighted by Gasteiger charge is 2.32. The summed E-state index contributed by atoms with van der Waals surface area (Å²) in [6.45, 7) is 1.74. The Morgan fingerprint density at radius 2 is 2.04 bits per heavy atom. The van der Waals surface area contributed by atoms with E-state index in [2.05, 4.69) is 10.6 Å². The first-order chi connectivity index (χ1) is 11.6. The minimum absolute atomic E-state index is 0. The number of rotatable bonds is 5. The minimum atomic E-state index is -0.444. The minimum Gasteiger partial charge on any atom is -0.392 e. The van der Waals surface area contributed by atoms with Crippen LogP contribution >= 0.6 is 12.4 Å². The molecule has 0 spiro atoms. The molecule has 3 unspecified atom stereocenters.